The van der Waals surface area contributed by atoms with Crippen molar-refractivity contribution in [2.24, 2.45) is 0 Å². The molecule has 1 fully saturated rings. The van der Waals surface area contributed by atoms with Gasteiger partial charge in [0.25, 0.3) is 0 Å². The molecule has 3 rings (SSSR count). The van der Waals surface area contributed by atoms with Gasteiger partial charge in [0.15, 0.2) is 5.82 Å². The van der Waals surface area contributed by atoms with Gasteiger partial charge in [0.1, 0.15) is 11.6 Å². The van der Waals surface area contributed by atoms with Crippen LogP contribution in [-0.4, -0.2) is 26.3 Å². The summed E-state index contributed by atoms with van der Waals surface area (Å²) in [5.41, 5.74) is 1.04. The number of anilines is 1. The minimum atomic E-state index is 0.524. The van der Waals surface area contributed by atoms with Gasteiger partial charge in [-0.2, -0.15) is 5.10 Å². The number of hydrogen-bond donors (Lipinski definition) is 1. The van der Waals surface area contributed by atoms with Crippen LogP contribution < -0.4 is 5.32 Å². The molecule has 0 spiro atoms. The summed E-state index contributed by atoms with van der Waals surface area (Å²) in [6.07, 6.45) is 7.16. The van der Waals surface area contributed by atoms with Gasteiger partial charge in [0.2, 0.25) is 0 Å². The van der Waals surface area contributed by atoms with Gasteiger partial charge in [-0.05, 0) is 42.1 Å². The maximum Gasteiger partial charge on any atom is 0.162 e. The molecular weight excluding hydrogens is 318 g/mol. The molecule has 0 bridgehead atoms. The minimum Gasteiger partial charge on any atom is -0.370 e. The molecule has 0 atom stereocenters. The number of nitrogens with one attached hydrogen (secondary N) is 1. The summed E-state index contributed by atoms with van der Waals surface area (Å²) in [4.78, 5) is 9.40. The molecule has 106 valence electrons. The van der Waals surface area contributed by atoms with Gasteiger partial charge in [-0.25, -0.2) is 14.6 Å². The van der Waals surface area contributed by atoms with Crippen LogP contribution in [0.25, 0.3) is 5.82 Å². The van der Waals surface area contributed by atoms with Crippen molar-refractivity contribution in [3.05, 3.63) is 28.3 Å². The van der Waals surface area contributed by atoms with E-state index in [1.165, 1.54) is 12.8 Å². The molecule has 1 aliphatic carbocycles. The third-order valence-electron chi connectivity index (χ3n) is 3.39. The monoisotopic (exact) mass is 335 g/mol. The first-order valence-corrected chi connectivity index (χ1v) is 7.81. The molecule has 1 aliphatic rings. The van der Waals surface area contributed by atoms with E-state index >= 15 is 0 Å². The van der Waals surface area contributed by atoms with E-state index in [4.69, 9.17) is 4.98 Å². The average Bonchev–Trinajstić information content (AvgIpc) is 3.20. The van der Waals surface area contributed by atoms with E-state index in [-0.39, 0.29) is 0 Å². The van der Waals surface area contributed by atoms with Crippen LogP contribution in [0, 0.1) is 6.92 Å². The first-order chi connectivity index (χ1) is 9.69. The van der Waals surface area contributed by atoms with E-state index in [0.29, 0.717) is 5.92 Å². The normalized spacial score (nSPS) is 14.6. The number of rotatable bonds is 5. The van der Waals surface area contributed by atoms with Crippen molar-refractivity contribution in [2.75, 3.05) is 11.9 Å². The molecule has 20 heavy (non-hydrogen) atoms. The van der Waals surface area contributed by atoms with Crippen LogP contribution in [-0.2, 0) is 0 Å². The van der Waals surface area contributed by atoms with Gasteiger partial charge in [0, 0.05) is 24.2 Å². The predicted octanol–water partition coefficient (Wildman–Crippen LogP) is 3.43. The lowest BCUT2D eigenvalue weighted by Gasteiger charge is -2.13. The van der Waals surface area contributed by atoms with Gasteiger partial charge < -0.3 is 5.32 Å². The third kappa shape index (κ3) is 2.70. The van der Waals surface area contributed by atoms with Crippen LogP contribution in [0.15, 0.2) is 16.9 Å². The highest BCUT2D eigenvalue weighted by atomic mass is 79.9. The molecule has 2 aromatic rings. The Hall–Kier alpha value is -1.43. The van der Waals surface area contributed by atoms with Crippen molar-refractivity contribution < 1.29 is 0 Å². The van der Waals surface area contributed by atoms with E-state index < -0.39 is 0 Å². The standard InChI is InChI=1S/C14H18BrN5/c1-3-6-16-12-9(2)14(20-8-11(15)7-17-20)19-13(18-12)10-4-5-10/h7-8,10H,3-6H2,1-2H3,(H,16,18,19). The molecule has 0 radical (unpaired) electrons. The van der Waals surface area contributed by atoms with Crippen molar-refractivity contribution in [1.82, 2.24) is 19.7 Å². The van der Waals surface area contributed by atoms with Gasteiger partial charge in [0.05, 0.1) is 10.7 Å². The van der Waals surface area contributed by atoms with E-state index in [9.17, 15) is 0 Å². The van der Waals surface area contributed by atoms with Gasteiger partial charge >= 0.3 is 0 Å². The number of hydrogen-bond acceptors (Lipinski definition) is 4. The SMILES string of the molecule is CCCNc1nc(C2CC2)nc(-n2cc(Br)cn2)c1C. The second-order valence-electron chi connectivity index (χ2n) is 5.18. The zero-order valence-corrected chi connectivity index (χ0v) is 13.3. The van der Waals surface area contributed by atoms with Crippen LogP contribution >= 0.6 is 15.9 Å². The highest BCUT2D eigenvalue weighted by Crippen LogP contribution is 2.39. The Kier molecular flexibility index (Phi) is 3.74. The molecule has 0 aliphatic heterocycles. The summed E-state index contributed by atoms with van der Waals surface area (Å²) in [6.45, 7) is 5.11. The van der Waals surface area contributed by atoms with E-state index in [2.05, 4.69) is 38.3 Å². The zero-order valence-electron chi connectivity index (χ0n) is 11.7. The summed E-state index contributed by atoms with van der Waals surface area (Å²) < 4.78 is 2.76. The van der Waals surface area contributed by atoms with Crippen LogP contribution in [0.3, 0.4) is 0 Å². The second-order valence-corrected chi connectivity index (χ2v) is 6.10. The molecular formula is C14H18BrN5. The predicted molar refractivity (Wildman–Crippen MR) is 82.3 cm³/mol. The highest BCUT2D eigenvalue weighted by molar-refractivity contribution is 9.10. The molecule has 0 saturated heterocycles. The van der Waals surface area contributed by atoms with E-state index in [1.54, 1.807) is 6.20 Å². The fourth-order valence-corrected chi connectivity index (χ4v) is 2.39. The molecule has 2 heterocycles. The first kappa shape index (κ1) is 13.5. The lowest BCUT2D eigenvalue weighted by Crippen LogP contribution is -2.11. The maximum atomic E-state index is 4.72. The fraction of sp³-hybridized carbons (Fsp3) is 0.500. The molecule has 0 unspecified atom stereocenters. The topological polar surface area (TPSA) is 55.6 Å². The van der Waals surface area contributed by atoms with E-state index in [1.807, 2.05) is 17.8 Å². The molecule has 0 amide bonds. The largest absolute Gasteiger partial charge is 0.370 e. The first-order valence-electron chi connectivity index (χ1n) is 7.02. The van der Waals surface area contributed by atoms with Crippen LogP contribution in [0.2, 0.25) is 0 Å². The smallest absolute Gasteiger partial charge is 0.162 e. The molecule has 1 saturated carbocycles. The third-order valence-corrected chi connectivity index (χ3v) is 3.80. The average molecular weight is 336 g/mol. The Morgan fingerprint density at radius 2 is 2.20 bits per heavy atom. The summed E-state index contributed by atoms with van der Waals surface area (Å²) in [5.74, 6) is 3.27. The van der Waals surface area contributed by atoms with Crippen molar-refractivity contribution in [1.29, 1.82) is 0 Å². The summed E-state index contributed by atoms with van der Waals surface area (Å²) in [5, 5.41) is 7.74. The van der Waals surface area contributed by atoms with E-state index in [0.717, 1.165) is 40.5 Å². The molecule has 5 nitrogen and oxygen atoms in total. The number of nitrogens with zero attached hydrogens (tertiary/aromatic N) is 4. The summed E-state index contributed by atoms with van der Waals surface area (Å²) in [6, 6.07) is 0. The van der Waals surface area contributed by atoms with Crippen molar-refractivity contribution in [3.8, 4) is 5.82 Å². The quantitative estimate of drug-likeness (QED) is 0.909. The van der Waals surface area contributed by atoms with Gasteiger partial charge in [-0.1, -0.05) is 6.92 Å². The Labute approximate surface area is 127 Å². The maximum absolute atomic E-state index is 4.72. The highest BCUT2D eigenvalue weighted by Gasteiger charge is 2.28. The Balaban J connectivity index is 2.04. The Morgan fingerprint density at radius 3 is 2.80 bits per heavy atom. The van der Waals surface area contributed by atoms with Crippen molar-refractivity contribution in [2.45, 2.75) is 39.0 Å². The van der Waals surface area contributed by atoms with Gasteiger partial charge in [-0.15, -0.1) is 0 Å². The molecule has 1 N–H and O–H groups in total. The Bertz CT molecular complexity index is 618. The fourth-order valence-electron chi connectivity index (χ4n) is 2.10. The lowest BCUT2D eigenvalue weighted by atomic mass is 10.2. The van der Waals surface area contributed by atoms with Crippen LogP contribution in [0.4, 0.5) is 5.82 Å². The number of halogens is 1. The minimum absolute atomic E-state index is 0.524. The van der Waals surface area contributed by atoms with Crippen LogP contribution in [0.1, 0.15) is 43.5 Å². The summed E-state index contributed by atoms with van der Waals surface area (Å²) >= 11 is 3.43. The molecule has 2 aromatic heterocycles. The molecule has 0 aromatic carbocycles. The van der Waals surface area contributed by atoms with Crippen molar-refractivity contribution >= 4 is 21.7 Å². The van der Waals surface area contributed by atoms with Crippen LogP contribution in [0.5, 0.6) is 0 Å². The zero-order chi connectivity index (χ0) is 14.1. The molecule has 6 heteroatoms. The lowest BCUT2D eigenvalue weighted by molar-refractivity contribution is 0.798. The Morgan fingerprint density at radius 1 is 1.40 bits per heavy atom. The second kappa shape index (κ2) is 5.52. The van der Waals surface area contributed by atoms with Gasteiger partial charge in [-0.3, -0.25) is 0 Å². The number of aromatic nitrogens is 4. The summed E-state index contributed by atoms with van der Waals surface area (Å²) in [7, 11) is 0. The van der Waals surface area contributed by atoms with Crippen molar-refractivity contribution in [3.63, 3.8) is 0 Å².